The summed E-state index contributed by atoms with van der Waals surface area (Å²) in [6.45, 7) is 2.68. The van der Waals surface area contributed by atoms with Crippen LogP contribution in [0.15, 0.2) is 12.1 Å². The van der Waals surface area contributed by atoms with Gasteiger partial charge in [0.15, 0.2) is 0 Å². The van der Waals surface area contributed by atoms with E-state index in [1.807, 2.05) is 0 Å². The molecule has 0 atom stereocenters. The first kappa shape index (κ1) is 15.9. The Kier molecular flexibility index (Phi) is 4.54. The van der Waals surface area contributed by atoms with Gasteiger partial charge in [0.25, 0.3) is 0 Å². The minimum atomic E-state index is -5.03. The van der Waals surface area contributed by atoms with Crippen molar-refractivity contribution in [2.45, 2.75) is 33.1 Å². The summed E-state index contributed by atoms with van der Waals surface area (Å²) in [7, 11) is -1.62. The zero-order valence-corrected chi connectivity index (χ0v) is 12.7. The van der Waals surface area contributed by atoms with Crippen molar-refractivity contribution in [1.82, 2.24) is 0 Å². The molecular formula is C13H18BF3NSi-. The van der Waals surface area contributed by atoms with Crippen LogP contribution in [0.2, 0.25) is 19.6 Å². The van der Waals surface area contributed by atoms with Crippen LogP contribution in [-0.4, -0.2) is 15.1 Å². The average molecular weight is 284 g/mol. The third-order valence-electron chi connectivity index (χ3n) is 2.67. The fraction of sp³-hybridized carbons (Fsp3) is 0.385. The van der Waals surface area contributed by atoms with E-state index in [1.165, 1.54) is 6.92 Å². The highest BCUT2D eigenvalue weighted by molar-refractivity contribution is 6.83. The summed E-state index contributed by atoms with van der Waals surface area (Å²) in [5, 5.41) is 0. The Morgan fingerprint density at radius 3 is 2.21 bits per heavy atom. The van der Waals surface area contributed by atoms with Crippen LogP contribution in [0.5, 0.6) is 0 Å². The Morgan fingerprint density at radius 1 is 1.21 bits per heavy atom. The van der Waals surface area contributed by atoms with Crippen LogP contribution < -0.4 is 11.2 Å². The van der Waals surface area contributed by atoms with Crippen LogP contribution in [0.25, 0.3) is 0 Å². The van der Waals surface area contributed by atoms with Crippen molar-refractivity contribution in [3.63, 3.8) is 0 Å². The van der Waals surface area contributed by atoms with Gasteiger partial charge < -0.3 is 18.7 Å². The molecule has 2 N–H and O–H groups in total. The van der Waals surface area contributed by atoms with E-state index in [4.69, 9.17) is 5.73 Å². The molecule has 1 aromatic rings. The van der Waals surface area contributed by atoms with E-state index in [2.05, 4.69) is 31.1 Å². The van der Waals surface area contributed by atoms with Crippen molar-refractivity contribution in [1.29, 1.82) is 0 Å². The molecule has 0 spiro atoms. The highest BCUT2D eigenvalue weighted by Crippen LogP contribution is 2.17. The van der Waals surface area contributed by atoms with Crippen LogP contribution in [0, 0.1) is 18.4 Å². The lowest BCUT2D eigenvalue weighted by atomic mass is 9.75. The van der Waals surface area contributed by atoms with Crippen molar-refractivity contribution in [3.05, 3.63) is 28.8 Å². The van der Waals surface area contributed by atoms with E-state index in [-0.39, 0.29) is 12.1 Å². The van der Waals surface area contributed by atoms with E-state index in [0.717, 1.165) is 6.07 Å². The maximum absolute atomic E-state index is 13.0. The molecule has 6 heteroatoms. The molecular weight excluding hydrogens is 266 g/mol. The molecule has 1 nitrogen and oxygen atoms in total. The fourth-order valence-corrected chi connectivity index (χ4v) is 2.15. The summed E-state index contributed by atoms with van der Waals surface area (Å²) >= 11 is 0. The van der Waals surface area contributed by atoms with Crippen molar-refractivity contribution in [2.75, 3.05) is 0 Å². The minimum Gasteiger partial charge on any atom is -0.445 e. The molecule has 0 unspecified atom stereocenters. The molecule has 0 bridgehead atoms. The average Bonchev–Trinajstić information content (AvgIpc) is 2.25. The molecule has 0 aromatic heterocycles. The summed E-state index contributed by atoms with van der Waals surface area (Å²) in [4.78, 5) is 0. The smallest absolute Gasteiger partial charge is 0.445 e. The lowest BCUT2D eigenvalue weighted by Gasteiger charge is -2.20. The topological polar surface area (TPSA) is 26.0 Å². The highest BCUT2D eigenvalue weighted by Gasteiger charge is 2.28. The number of hydrogen-bond acceptors (Lipinski definition) is 1. The molecule has 0 saturated heterocycles. The second-order valence-electron chi connectivity index (χ2n) is 5.64. The summed E-state index contributed by atoms with van der Waals surface area (Å²) in [6, 6.07) is 2.79. The summed E-state index contributed by atoms with van der Waals surface area (Å²) in [5.41, 5.74) is 9.10. The molecule has 0 aliphatic rings. The van der Waals surface area contributed by atoms with Crippen LogP contribution in [0.3, 0.4) is 0 Å². The predicted octanol–water partition coefficient (Wildman–Crippen LogP) is 2.74. The molecule has 0 heterocycles. The largest absolute Gasteiger partial charge is 0.509 e. The summed E-state index contributed by atoms with van der Waals surface area (Å²) in [5.74, 6) is 2.91. The van der Waals surface area contributed by atoms with E-state index in [1.54, 1.807) is 6.07 Å². The first-order chi connectivity index (χ1) is 8.54. The molecule has 0 amide bonds. The number of halogens is 3. The molecule has 19 heavy (non-hydrogen) atoms. The Morgan fingerprint density at radius 2 is 1.79 bits per heavy atom. The Balaban J connectivity index is 3.43. The molecule has 0 fully saturated rings. The highest BCUT2D eigenvalue weighted by atomic mass is 28.3. The van der Waals surface area contributed by atoms with Gasteiger partial charge in [-0.25, -0.2) is 0 Å². The maximum atomic E-state index is 13.0. The van der Waals surface area contributed by atoms with Gasteiger partial charge in [-0.2, -0.15) is 0 Å². The number of benzene rings is 1. The van der Waals surface area contributed by atoms with E-state index in [0.29, 0.717) is 11.1 Å². The number of rotatable bonds is 2. The second kappa shape index (κ2) is 5.43. The quantitative estimate of drug-likeness (QED) is 0.656. The normalized spacial score (nSPS) is 12.0. The Hall–Kier alpha value is -1.19. The van der Waals surface area contributed by atoms with Gasteiger partial charge in [0.2, 0.25) is 0 Å². The number of nitrogens with two attached hydrogens (primary N) is 1. The molecule has 0 saturated carbocycles. The van der Waals surface area contributed by atoms with E-state index < -0.39 is 20.5 Å². The molecule has 104 valence electrons. The standard InChI is InChI=1S/C13H18BF3NSi/c1-10-12(5-6-19(2,3)4)7-11(9-18)8-13(10)14(15,16)17/h7-8H,9,18H2,1-4H3/q-1. The van der Waals surface area contributed by atoms with E-state index >= 15 is 0 Å². The van der Waals surface area contributed by atoms with Gasteiger partial charge in [0.1, 0.15) is 8.07 Å². The van der Waals surface area contributed by atoms with E-state index in [9.17, 15) is 12.9 Å². The van der Waals surface area contributed by atoms with Gasteiger partial charge in [0.05, 0.1) is 0 Å². The van der Waals surface area contributed by atoms with Crippen molar-refractivity contribution in [2.24, 2.45) is 5.73 Å². The summed E-state index contributed by atoms with van der Waals surface area (Å²) < 4.78 is 39.0. The molecule has 0 radical (unpaired) electrons. The first-order valence-electron chi connectivity index (χ1n) is 6.11. The minimum absolute atomic E-state index is 0.0844. The zero-order chi connectivity index (χ0) is 14.8. The van der Waals surface area contributed by atoms with Gasteiger partial charge in [-0.3, -0.25) is 0 Å². The van der Waals surface area contributed by atoms with Gasteiger partial charge in [-0.15, -0.1) is 11.0 Å². The molecule has 0 aliphatic heterocycles. The third kappa shape index (κ3) is 4.44. The number of hydrogen-bond donors (Lipinski definition) is 1. The van der Waals surface area contributed by atoms with Crippen LogP contribution >= 0.6 is 0 Å². The summed E-state index contributed by atoms with van der Waals surface area (Å²) in [6.07, 6.45) is 0. The lowest BCUT2D eigenvalue weighted by molar-refractivity contribution is 0.500. The second-order valence-corrected chi connectivity index (χ2v) is 10.4. The maximum Gasteiger partial charge on any atom is 0.509 e. The third-order valence-corrected chi connectivity index (χ3v) is 3.54. The fourth-order valence-electron chi connectivity index (χ4n) is 1.64. The van der Waals surface area contributed by atoms with Crippen LogP contribution in [0.4, 0.5) is 12.9 Å². The van der Waals surface area contributed by atoms with Crippen molar-refractivity contribution >= 4 is 20.5 Å². The van der Waals surface area contributed by atoms with Crippen LogP contribution in [0.1, 0.15) is 16.7 Å². The van der Waals surface area contributed by atoms with Crippen LogP contribution in [-0.2, 0) is 6.54 Å². The zero-order valence-electron chi connectivity index (χ0n) is 11.7. The van der Waals surface area contributed by atoms with Gasteiger partial charge >= 0.3 is 6.98 Å². The van der Waals surface area contributed by atoms with Gasteiger partial charge in [0, 0.05) is 12.1 Å². The SMILES string of the molecule is Cc1c(C#C[Si](C)(C)C)cc(CN)cc1[B-](F)(F)F. The monoisotopic (exact) mass is 284 g/mol. The van der Waals surface area contributed by atoms with Crippen molar-refractivity contribution in [3.8, 4) is 11.5 Å². The van der Waals surface area contributed by atoms with Crippen molar-refractivity contribution < 1.29 is 12.9 Å². The Labute approximate surface area is 113 Å². The molecule has 0 aliphatic carbocycles. The van der Waals surface area contributed by atoms with Gasteiger partial charge in [-0.1, -0.05) is 37.2 Å². The molecule has 1 rings (SSSR count). The predicted molar refractivity (Wildman–Crippen MR) is 78.0 cm³/mol. The molecule has 1 aromatic carbocycles. The Bertz CT molecular complexity index is 536. The van der Waals surface area contributed by atoms with Gasteiger partial charge in [-0.05, 0) is 18.6 Å². The first-order valence-corrected chi connectivity index (χ1v) is 9.61. The lowest BCUT2D eigenvalue weighted by Crippen LogP contribution is -2.37.